The summed E-state index contributed by atoms with van der Waals surface area (Å²) >= 11 is 0. The van der Waals surface area contributed by atoms with Gasteiger partial charge in [0.15, 0.2) is 17.5 Å². The van der Waals surface area contributed by atoms with Crippen molar-refractivity contribution in [2.24, 2.45) is 0 Å². The molecule has 0 bridgehead atoms. The topological polar surface area (TPSA) is 78.1 Å². The number of rotatable bonds is 4. The van der Waals surface area contributed by atoms with Crippen LogP contribution in [0.1, 0.15) is 0 Å². The van der Waals surface area contributed by atoms with Crippen LogP contribution in [0.4, 0.5) is 0 Å². The fourth-order valence-electron chi connectivity index (χ4n) is 7.40. The van der Waals surface area contributed by atoms with E-state index in [0.717, 1.165) is 93.6 Å². The lowest BCUT2D eigenvalue weighted by atomic mass is 9.95. The molecule has 11 rings (SSSR count). The minimum absolute atomic E-state index is 0.556. The van der Waals surface area contributed by atoms with Crippen LogP contribution >= 0.6 is 0 Å². The molecule has 0 N–H and O–H groups in total. The summed E-state index contributed by atoms with van der Waals surface area (Å²) in [5.74, 6) is 1.71. The second kappa shape index (κ2) is 10.7. The Labute approximate surface area is 290 Å². The van der Waals surface area contributed by atoms with Gasteiger partial charge in [-0.15, -0.1) is 0 Å². The van der Waals surface area contributed by atoms with E-state index in [2.05, 4.69) is 48.5 Å². The molecule has 0 radical (unpaired) electrons. The van der Waals surface area contributed by atoms with E-state index in [-0.39, 0.29) is 0 Å². The smallest absolute Gasteiger partial charge is 0.164 e. The van der Waals surface area contributed by atoms with Crippen molar-refractivity contribution in [2.75, 3.05) is 0 Å². The Bertz CT molecular complexity index is 3150. The first-order valence-electron chi connectivity index (χ1n) is 16.8. The lowest BCUT2D eigenvalue weighted by Gasteiger charge is -2.09. The Morgan fingerprint density at radius 3 is 1.39 bits per heavy atom. The molecule has 4 aromatic heterocycles. The van der Waals surface area contributed by atoms with Gasteiger partial charge in [0.25, 0.3) is 0 Å². The molecular weight excluding hydrogens is 631 g/mol. The standard InChI is InChI=1S/C45H25N3O3/c1-2-10-26(11-3-1)43-46-44(27-20-22-30-29-12-4-6-16-35(29)50-39(30)24-27)48-45(47-43)28-21-23-34-40(25-28)51-38-19-9-15-32(42(34)38)31-14-8-18-37-41(31)33-13-5-7-17-36(33)49-37/h1-25H. The summed E-state index contributed by atoms with van der Waals surface area (Å²) in [6.07, 6.45) is 0. The Kier molecular flexibility index (Phi) is 5.86. The SMILES string of the molecule is c1ccc(-c2nc(-c3ccc4c(c3)oc3ccccc34)nc(-c3ccc4c(c3)oc3cccc(-c5cccc6oc7ccccc7c56)c34)n2)cc1. The average molecular weight is 656 g/mol. The minimum atomic E-state index is 0.556. The van der Waals surface area contributed by atoms with Gasteiger partial charge in [-0.1, -0.05) is 103 Å². The van der Waals surface area contributed by atoms with Crippen molar-refractivity contribution in [3.63, 3.8) is 0 Å². The summed E-state index contributed by atoms with van der Waals surface area (Å²) in [7, 11) is 0. The van der Waals surface area contributed by atoms with Gasteiger partial charge in [-0.3, -0.25) is 0 Å². The summed E-state index contributed by atoms with van der Waals surface area (Å²) in [4.78, 5) is 15.0. The molecule has 0 saturated heterocycles. The summed E-state index contributed by atoms with van der Waals surface area (Å²) < 4.78 is 19.0. The molecular formula is C45H25N3O3. The summed E-state index contributed by atoms with van der Waals surface area (Å²) in [5, 5.41) is 6.39. The normalized spacial score (nSPS) is 11.9. The van der Waals surface area contributed by atoms with Crippen LogP contribution in [-0.2, 0) is 0 Å². The molecule has 0 saturated carbocycles. The molecule has 0 spiro atoms. The first-order valence-corrected chi connectivity index (χ1v) is 16.8. The molecule has 6 heteroatoms. The molecule has 0 fully saturated rings. The first-order chi connectivity index (χ1) is 25.2. The summed E-state index contributed by atoms with van der Waals surface area (Å²) in [6, 6.07) is 51.1. The zero-order valence-corrected chi connectivity index (χ0v) is 27.0. The predicted molar refractivity (Wildman–Crippen MR) is 203 cm³/mol. The molecule has 11 aromatic rings. The van der Waals surface area contributed by atoms with Gasteiger partial charge in [-0.2, -0.15) is 0 Å². The van der Waals surface area contributed by atoms with Gasteiger partial charge in [0.1, 0.15) is 33.5 Å². The van der Waals surface area contributed by atoms with Crippen LogP contribution in [-0.4, -0.2) is 15.0 Å². The van der Waals surface area contributed by atoms with E-state index in [9.17, 15) is 0 Å². The van der Waals surface area contributed by atoms with Gasteiger partial charge >= 0.3 is 0 Å². The lowest BCUT2D eigenvalue weighted by molar-refractivity contribution is 0.668. The van der Waals surface area contributed by atoms with Gasteiger partial charge in [0, 0.05) is 49.0 Å². The molecule has 51 heavy (non-hydrogen) atoms. The number of para-hydroxylation sites is 2. The number of hydrogen-bond acceptors (Lipinski definition) is 6. The predicted octanol–water partition coefficient (Wildman–Crippen LogP) is 12.2. The second-order valence-corrected chi connectivity index (χ2v) is 12.8. The van der Waals surface area contributed by atoms with Crippen LogP contribution < -0.4 is 0 Å². The number of benzene rings is 7. The quantitative estimate of drug-likeness (QED) is 0.188. The number of aromatic nitrogens is 3. The van der Waals surface area contributed by atoms with Gasteiger partial charge in [-0.05, 0) is 59.7 Å². The summed E-state index contributed by atoms with van der Waals surface area (Å²) in [6.45, 7) is 0. The van der Waals surface area contributed by atoms with Gasteiger partial charge in [-0.25, -0.2) is 15.0 Å². The Hall–Kier alpha value is -7.05. The Balaban J connectivity index is 1.08. The van der Waals surface area contributed by atoms with Gasteiger partial charge in [0.2, 0.25) is 0 Å². The third kappa shape index (κ3) is 4.33. The van der Waals surface area contributed by atoms with Crippen LogP contribution in [0.3, 0.4) is 0 Å². The maximum Gasteiger partial charge on any atom is 0.164 e. The van der Waals surface area contributed by atoms with E-state index in [1.807, 2.05) is 103 Å². The highest BCUT2D eigenvalue weighted by molar-refractivity contribution is 6.19. The highest BCUT2D eigenvalue weighted by atomic mass is 16.3. The van der Waals surface area contributed by atoms with Crippen LogP contribution in [0.15, 0.2) is 165 Å². The van der Waals surface area contributed by atoms with E-state index in [4.69, 9.17) is 28.2 Å². The molecule has 0 aliphatic rings. The Morgan fingerprint density at radius 1 is 0.294 bits per heavy atom. The highest BCUT2D eigenvalue weighted by Gasteiger charge is 2.19. The van der Waals surface area contributed by atoms with E-state index >= 15 is 0 Å². The fourth-order valence-corrected chi connectivity index (χ4v) is 7.40. The molecule has 0 unspecified atom stereocenters. The number of nitrogens with zero attached hydrogens (tertiary/aromatic N) is 3. The zero-order valence-electron chi connectivity index (χ0n) is 27.0. The van der Waals surface area contributed by atoms with Crippen molar-refractivity contribution in [3.8, 4) is 45.3 Å². The van der Waals surface area contributed by atoms with Crippen molar-refractivity contribution in [3.05, 3.63) is 152 Å². The van der Waals surface area contributed by atoms with Crippen molar-refractivity contribution in [2.45, 2.75) is 0 Å². The number of hydrogen-bond donors (Lipinski definition) is 0. The van der Waals surface area contributed by atoms with Crippen molar-refractivity contribution in [1.82, 2.24) is 15.0 Å². The molecule has 6 nitrogen and oxygen atoms in total. The Morgan fingerprint density at radius 2 is 0.725 bits per heavy atom. The zero-order chi connectivity index (χ0) is 33.5. The third-order valence-electron chi connectivity index (χ3n) is 9.75. The van der Waals surface area contributed by atoms with Gasteiger partial charge in [0.05, 0.1) is 0 Å². The second-order valence-electron chi connectivity index (χ2n) is 12.8. The molecule has 238 valence electrons. The highest BCUT2D eigenvalue weighted by Crippen LogP contribution is 2.43. The number of fused-ring (bicyclic) bond motifs is 9. The van der Waals surface area contributed by atoms with Crippen molar-refractivity contribution < 1.29 is 13.3 Å². The van der Waals surface area contributed by atoms with Crippen LogP contribution in [0.25, 0.3) is 111 Å². The minimum Gasteiger partial charge on any atom is -0.456 e. The molecule has 7 aromatic carbocycles. The fraction of sp³-hybridized carbons (Fsp3) is 0. The third-order valence-corrected chi connectivity index (χ3v) is 9.75. The monoisotopic (exact) mass is 655 g/mol. The molecule has 4 heterocycles. The largest absolute Gasteiger partial charge is 0.456 e. The van der Waals surface area contributed by atoms with Crippen molar-refractivity contribution >= 4 is 65.8 Å². The van der Waals surface area contributed by atoms with Crippen LogP contribution in [0, 0.1) is 0 Å². The number of furan rings is 3. The van der Waals surface area contributed by atoms with Crippen LogP contribution in [0.5, 0.6) is 0 Å². The van der Waals surface area contributed by atoms with E-state index in [0.29, 0.717) is 17.5 Å². The molecule has 0 atom stereocenters. The lowest BCUT2D eigenvalue weighted by Crippen LogP contribution is -2.00. The van der Waals surface area contributed by atoms with Crippen LogP contribution in [0.2, 0.25) is 0 Å². The first kappa shape index (κ1) is 27.9. The van der Waals surface area contributed by atoms with E-state index in [1.54, 1.807) is 0 Å². The van der Waals surface area contributed by atoms with Gasteiger partial charge < -0.3 is 13.3 Å². The molecule has 0 amide bonds. The average Bonchev–Trinajstić information content (AvgIpc) is 3.88. The molecule has 0 aliphatic heterocycles. The van der Waals surface area contributed by atoms with Crippen molar-refractivity contribution in [1.29, 1.82) is 0 Å². The van der Waals surface area contributed by atoms with E-state index < -0.39 is 0 Å². The summed E-state index contributed by atoms with van der Waals surface area (Å²) in [5.41, 5.74) is 9.71. The maximum absolute atomic E-state index is 6.56. The molecule has 0 aliphatic carbocycles. The maximum atomic E-state index is 6.56. The van der Waals surface area contributed by atoms with E-state index in [1.165, 1.54) is 0 Å².